The van der Waals surface area contributed by atoms with Gasteiger partial charge in [-0.05, 0) is 37.1 Å². The van der Waals surface area contributed by atoms with Crippen molar-refractivity contribution in [3.8, 4) is 0 Å². The van der Waals surface area contributed by atoms with Crippen molar-refractivity contribution in [3.63, 3.8) is 0 Å². The van der Waals surface area contributed by atoms with Gasteiger partial charge in [-0.1, -0.05) is 28.8 Å². The van der Waals surface area contributed by atoms with Gasteiger partial charge in [0, 0.05) is 23.1 Å². The number of carbonyl (C=O) groups is 3. The minimum absolute atomic E-state index is 0.176. The number of rotatable bonds is 5. The molecule has 1 aromatic carbocycles. The van der Waals surface area contributed by atoms with Gasteiger partial charge < -0.3 is 15.0 Å². The van der Waals surface area contributed by atoms with Gasteiger partial charge in [-0.25, -0.2) is 0 Å². The third kappa shape index (κ3) is 5.96. The molecule has 2 rings (SSSR count). The van der Waals surface area contributed by atoms with Crippen LogP contribution in [0.15, 0.2) is 28.7 Å². The van der Waals surface area contributed by atoms with Crippen LogP contribution in [0.2, 0.25) is 0 Å². The summed E-state index contributed by atoms with van der Waals surface area (Å²) in [4.78, 5) is 37.3. The van der Waals surface area contributed by atoms with Crippen LogP contribution >= 0.6 is 15.9 Å². The van der Waals surface area contributed by atoms with Crippen molar-refractivity contribution < 1.29 is 19.1 Å². The third-order valence-electron chi connectivity index (χ3n) is 3.82. The van der Waals surface area contributed by atoms with Gasteiger partial charge in [-0.15, -0.1) is 0 Å². The average Bonchev–Trinajstić information content (AvgIpc) is 2.87. The first kappa shape index (κ1) is 18.4. The van der Waals surface area contributed by atoms with Gasteiger partial charge in [0.05, 0.1) is 0 Å². The maximum absolute atomic E-state index is 12.0. The first-order valence-corrected chi connectivity index (χ1v) is 8.83. The Morgan fingerprint density at radius 2 is 1.67 bits per heavy atom. The smallest absolute Gasteiger partial charge is 0.325 e. The van der Waals surface area contributed by atoms with Crippen molar-refractivity contribution in [2.45, 2.75) is 25.7 Å². The summed E-state index contributed by atoms with van der Waals surface area (Å²) in [6.07, 6.45) is 4.24. The Morgan fingerprint density at radius 3 is 2.29 bits per heavy atom. The Hall–Kier alpha value is -1.89. The standard InChI is InChI=1S/C17H21BrN2O4/c18-14-7-5-13(6-8-14)17(23)19-11-16(22)24-12-15(21)20-9-3-1-2-4-10-20/h5-8H,1-4,9-12H2,(H,19,23). The van der Waals surface area contributed by atoms with Gasteiger partial charge >= 0.3 is 5.97 Å². The van der Waals surface area contributed by atoms with Crippen molar-refractivity contribution in [1.82, 2.24) is 10.2 Å². The van der Waals surface area contributed by atoms with Crippen LogP contribution in [0.25, 0.3) is 0 Å². The molecule has 1 aliphatic heterocycles. The molecule has 1 fully saturated rings. The summed E-state index contributed by atoms with van der Waals surface area (Å²) in [5, 5.41) is 2.48. The number of hydrogen-bond acceptors (Lipinski definition) is 4. The Balaban J connectivity index is 1.70. The Morgan fingerprint density at radius 1 is 1.04 bits per heavy atom. The number of halogens is 1. The van der Waals surface area contributed by atoms with Gasteiger partial charge in [-0.3, -0.25) is 14.4 Å². The molecule has 0 aromatic heterocycles. The van der Waals surface area contributed by atoms with Gasteiger partial charge in [0.15, 0.2) is 6.61 Å². The molecule has 0 unspecified atom stereocenters. The minimum Gasteiger partial charge on any atom is -0.454 e. The van der Waals surface area contributed by atoms with Crippen molar-refractivity contribution >= 4 is 33.7 Å². The highest BCUT2D eigenvalue weighted by molar-refractivity contribution is 9.10. The first-order valence-electron chi connectivity index (χ1n) is 8.03. The van der Waals surface area contributed by atoms with Crippen LogP contribution in [0.3, 0.4) is 0 Å². The number of likely N-dealkylation sites (tertiary alicyclic amines) is 1. The zero-order valence-corrected chi connectivity index (χ0v) is 15.0. The van der Waals surface area contributed by atoms with E-state index >= 15 is 0 Å². The van der Waals surface area contributed by atoms with Crippen molar-refractivity contribution in [2.24, 2.45) is 0 Å². The highest BCUT2D eigenvalue weighted by Gasteiger charge is 2.17. The van der Waals surface area contributed by atoms with E-state index in [1.54, 1.807) is 29.2 Å². The van der Waals surface area contributed by atoms with Crippen LogP contribution in [0.1, 0.15) is 36.0 Å². The second kappa shape index (κ2) is 9.42. The molecule has 0 bridgehead atoms. The fraction of sp³-hybridized carbons (Fsp3) is 0.471. The minimum atomic E-state index is -0.622. The lowest BCUT2D eigenvalue weighted by atomic mass is 10.2. The number of amides is 2. The number of esters is 1. The van der Waals surface area contributed by atoms with E-state index in [0.717, 1.165) is 43.2 Å². The Bertz CT molecular complexity index is 581. The molecule has 1 heterocycles. The average molecular weight is 397 g/mol. The SMILES string of the molecule is O=C(CNC(=O)c1ccc(Br)cc1)OCC(=O)N1CCCCCC1. The summed E-state index contributed by atoms with van der Waals surface area (Å²) in [5.41, 5.74) is 0.451. The van der Waals surface area contributed by atoms with E-state index < -0.39 is 5.97 Å². The molecule has 24 heavy (non-hydrogen) atoms. The van der Waals surface area contributed by atoms with E-state index in [0.29, 0.717) is 5.56 Å². The molecular formula is C17H21BrN2O4. The topological polar surface area (TPSA) is 75.7 Å². The number of nitrogens with zero attached hydrogens (tertiary/aromatic N) is 1. The van der Waals surface area contributed by atoms with Gasteiger partial charge in [0.2, 0.25) is 0 Å². The van der Waals surface area contributed by atoms with Gasteiger partial charge in [0.25, 0.3) is 11.8 Å². The van der Waals surface area contributed by atoms with E-state index in [-0.39, 0.29) is 25.0 Å². The van der Waals surface area contributed by atoms with Crippen molar-refractivity contribution in [1.29, 1.82) is 0 Å². The maximum Gasteiger partial charge on any atom is 0.325 e. The van der Waals surface area contributed by atoms with Gasteiger partial charge in [-0.2, -0.15) is 0 Å². The summed E-state index contributed by atoms with van der Waals surface area (Å²) in [7, 11) is 0. The molecule has 1 aliphatic rings. The molecule has 0 radical (unpaired) electrons. The highest BCUT2D eigenvalue weighted by Crippen LogP contribution is 2.11. The number of carbonyl (C=O) groups excluding carboxylic acids is 3. The van der Waals surface area contributed by atoms with Crippen LogP contribution in [0, 0.1) is 0 Å². The van der Waals surface area contributed by atoms with E-state index in [2.05, 4.69) is 21.2 Å². The fourth-order valence-electron chi connectivity index (χ4n) is 2.46. The maximum atomic E-state index is 12.0. The summed E-state index contributed by atoms with van der Waals surface area (Å²) in [5.74, 6) is -1.16. The lowest BCUT2D eigenvalue weighted by Crippen LogP contribution is -2.37. The van der Waals surface area contributed by atoms with Crippen LogP contribution < -0.4 is 5.32 Å². The molecule has 7 heteroatoms. The molecule has 0 spiro atoms. The molecule has 0 saturated carbocycles. The third-order valence-corrected chi connectivity index (χ3v) is 4.34. The molecule has 1 aromatic rings. The molecule has 2 amide bonds. The predicted molar refractivity (Wildman–Crippen MR) is 92.5 cm³/mol. The fourth-order valence-corrected chi connectivity index (χ4v) is 2.72. The Labute approximate surface area is 149 Å². The largest absolute Gasteiger partial charge is 0.454 e. The predicted octanol–water partition coefficient (Wildman–Crippen LogP) is 2.12. The highest BCUT2D eigenvalue weighted by atomic mass is 79.9. The zero-order valence-electron chi connectivity index (χ0n) is 13.4. The molecule has 130 valence electrons. The number of nitrogens with one attached hydrogen (secondary N) is 1. The monoisotopic (exact) mass is 396 g/mol. The number of hydrogen-bond donors (Lipinski definition) is 1. The molecular weight excluding hydrogens is 376 g/mol. The lowest BCUT2D eigenvalue weighted by molar-refractivity contribution is -0.151. The van der Waals surface area contributed by atoms with Gasteiger partial charge in [0.1, 0.15) is 6.54 Å². The van der Waals surface area contributed by atoms with Crippen LogP contribution in [-0.4, -0.2) is 48.9 Å². The van der Waals surface area contributed by atoms with Crippen LogP contribution in [0.5, 0.6) is 0 Å². The van der Waals surface area contributed by atoms with Crippen molar-refractivity contribution in [3.05, 3.63) is 34.3 Å². The zero-order chi connectivity index (χ0) is 17.4. The number of benzene rings is 1. The molecule has 0 atom stereocenters. The first-order chi connectivity index (χ1) is 11.6. The number of ether oxygens (including phenoxy) is 1. The second-order valence-corrected chi connectivity index (χ2v) is 6.56. The van der Waals surface area contributed by atoms with E-state index in [4.69, 9.17) is 4.74 Å². The molecule has 0 aliphatic carbocycles. The summed E-state index contributed by atoms with van der Waals surface area (Å²) in [6, 6.07) is 6.78. The molecule has 1 N–H and O–H groups in total. The summed E-state index contributed by atoms with van der Waals surface area (Å²) < 4.78 is 5.82. The lowest BCUT2D eigenvalue weighted by Gasteiger charge is -2.19. The second-order valence-electron chi connectivity index (χ2n) is 5.65. The molecule has 1 saturated heterocycles. The van der Waals surface area contributed by atoms with Crippen LogP contribution in [0.4, 0.5) is 0 Å². The normalized spacial score (nSPS) is 14.6. The van der Waals surface area contributed by atoms with E-state index in [1.165, 1.54) is 0 Å². The summed E-state index contributed by atoms with van der Waals surface area (Å²) >= 11 is 3.29. The van der Waals surface area contributed by atoms with E-state index in [9.17, 15) is 14.4 Å². The molecule has 6 nitrogen and oxygen atoms in total. The quantitative estimate of drug-likeness (QED) is 0.773. The summed E-state index contributed by atoms with van der Waals surface area (Å²) in [6.45, 7) is 0.905. The Kier molecular flexibility index (Phi) is 7.24. The van der Waals surface area contributed by atoms with Crippen LogP contribution in [-0.2, 0) is 14.3 Å². The van der Waals surface area contributed by atoms with E-state index in [1.807, 2.05) is 0 Å². The van der Waals surface area contributed by atoms with Crippen molar-refractivity contribution in [2.75, 3.05) is 26.2 Å².